The molecule has 1 aromatic heterocycles. The van der Waals surface area contributed by atoms with E-state index in [4.69, 9.17) is 0 Å². The van der Waals surface area contributed by atoms with Gasteiger partial charge in [0.1, 0.15) is 5.82 Å². The number of benzene rings is 1. The van der Waals surface area contributed by atoms with E-state index in [0.717, 1.165) is 0 Å². The molecule has 1 aliphatic heterocycles. The highest BCUT2D eigenvalue weighted by Crippen LogP contribution is 2.24. The van der Waals surface area contributed by atoms with Crippen molar-refractivity contribution in [3.63, 3.8) is 0 Å². The van der Waals surface area contributed by atoms with Crippen LogP contribution in [0, 0.1) is 5.82 Å². The molecule has 0 saturated carbocycles. The Kier molecular flexibility index (Phi) is 4.80. The van der Waals surface area contributed by atoms with E-state index < -0.39 is 0 Å². The molecule has 1 aliphatic rings. The van der Waals surface area contributed by atoms with Crippen molar-refractivity contribution in [3.8, 4) is 0 Å². The highest BCUT2D eigenvalue weighted by molar-refractivity contribution is 5.93. The zero-order valence-electron chi connectivity index (χ0n) is 13.6. The lowest BCUT2D eigenvalue weighted by atomic mass is 10.1. The van der Waals surface area contributed by atoms with Crippen molar-refractivity contribution < 1.29 is 14.3 Å². The number of amides is 1. The molecule has 0 atom stereocenters. The Labute approximate surface area is 139 Å². The zero-order chi connectivity index (χ0) is 17.1. The molecule has 2 aromatic rings. The number of aliphatic hydroxyl groups is 1. The van der Waals surface area contributed by atoms with Crippen LogP contribution in [0.15, 0.2) is 30.6 Å². The van der Waals surface area contributed by atoms with Gasteiger partial charge < -0.3 is 15.3 Å². The maximum atomic E-state index is 14.4. The fourth-order valence-corrected chi connectivity index (χ4v) is 2.85. The fraction of sp³-hybridized carbons (Fsp3) is 0.412. The number of hydrogen-bond donors (Lipinski definition) is 2. The number of aromatic nitrogens is 2. The summed E-state index contributed by atoms with van der Waals surface area (Å²) in [5.74, 6) is -0.544. The van der Waals surface area contributed by atoms with Crippen molar-refractivity contribution in [1.82, 2.24) is 15.1 Å². The molecule has 7 heteroatoms. The molecule has 24 heavy (non-hydrogen) atoms. The monoisotopic (exact) mass is 332 g/mol. The molecule has 0 unspecified atom stereocenters. The molecular weight excluding hydrogens is 311 g/mol. The second kappa shape index (κ2) is 7.00. The summed E-state index contributed by atoms with van der Waals surface area (Å²) in [6.07, 6.45) is 4.14. The van der Waals surface area contributed by atoms with Crippen molar-refractivity contribution >= 4 is 11.6 Å². The Morgan fingerprint density at radius 2 is 2.17 bits per heavy atom. The van der Waals surface area contributed by atoms with E-state index in [1.165, 1.54) is 12.3 Å². The van der Waals surface area contributed by atoms with Crippen LogP contribution in [0.4, 0.5) is 10.1 Å². The second-order valence-corrected chi connectivity index (χ2v) is 6.09. The van der Waals surface area contributed by atoms with Crippen LogP contribution in [0.2, 0.25) is 0 Å². The van der Waals surface area contributed by atoms with E-state index in [-0.39, 0.29) is 24.4 Å². The number of aryl methyl sites for hydroxylation is 1. The number of halogens is 1. The van der Waals surface area contributed by atoms with Crippen LogP contribution in [0.5, 0.6) is 0 Å². The van der Waals surface area contributed by atoms with E-state index in [9.17, 15) is 14.3 Å². The predicted octanol–water partition coefficient (Wildman–Crippen LogP) is 1.45. The lowest BCUT2D eigenvalue weighted by Gasteiger charge is -2.31. The van der Waals surface area contributed by atoms with Gasteiger partial charge in [-0.3, -0.25) is 9.48 Å². The molecule has 2 N–H and O–H groups in total. The van der Waals surface area contributed by atoms with Crippen molar-refractivity contribution in [1.29, 1.82) is 0 Å². The van der Waals surface area contributed by atoms with Gasteiger partial charge in [-0.1, -0.05) is 6.07 Å². The molecule has 1 aromatic carbocycles. The number of aliphatic hydroxyl groups excluding tert-OH is 1. The zero-order valence-corrected chi connectivity index (χ0v) is 13.6. The Bertz CT molecular complexity index is 723. The second-order valence-electron chi connectivity index (χ2n) is 6.09. The predicted molar refractivity (Wildman–Crippen MR) is 88.2 cm³/mol. The molecule has 1 fully saturated rings. The maximum absolute atomic E-state index is 14.4. The smallest absolute Gasteiger partial charge is 0.254 e. The van der Waals surface area contributed by atoms with Crippen LogP contribution >= 0.6 is 0 Å². The number of nitrogens with one attached hydrogen (secondary N) is 1. The maximum Gasteiger partial charge on any atom is 0.254 e. The molecule has 0 spiro atoms. The third-order valence-electron chi connectivity index (χ3n) is 4.24. The highest BCUT2D eigenvalue weighted by Gasteiger charge is 2.19. The molecule has 0 radical (unpaired) electrons. The largest absolute Gasteiger partial charge is 0.393 e. The summed E-state index contributed by atoms with van der Waals surface area (Å²) in [6.45, 7) is 1.55. The Hall–Kier alpha value is -2.41. The summed E-state index contributed by atoms with van der Waals surface area (Å²) >= 11 is 0. The number of rotatable bonds is 4. The average Bonchev–Trinajstić information content (AvgIpc) is 3.00. The van der Waals surface area contributed by atoms with Crippen LogP contribution in [-0.2, 0) is 13.6 Å². The molecule has 2 heterocycles. The average molecular weight is 332 g/mol. The number of anilines is 1. The van der Waals surface area contributed by atoms with Crippen LogP contribution < -0.4 is 10.2 Å². The number of piperidine rings is 1. The SMILES string of the molecule is Cn1cc(C(=O)NCc2ccc(N3CCC(O)CC3)c(F)c2)cn1. The van der Waals surface area contributed by atoms with Gasteiger partial charge in [0.25, 0.3) is 5.91 Å². The molecule has 128 valence electrons. The van der Waals surface area contributed by atoms with Gasteiger partial charge in [-0.2, -0.15) is 5.10 Å². The molecule has 1 amide bonds. The Balaban J connectivity index is 1.61. The first-order valence-electron chi connectivity index (χ1n) is 8.01. The number of nitrogens with zero attached hydrogens (tertiary/aromatic N) is 3. The van der Waals surface area contributed by atoms with E-state index in [1.54, 1.807) is 24.0 Å². The number of hydrogen-bond acceptors (Lipinski definition) is 4. The highest BCUT2D eigenvalue weighted by atomic mass is 19.1. The molecule has 1 saturated heterocycles. The van der Waals surface area contributed by atoms with Gasteiger partial charge in [-0.25, -0.2) is 4.39 Å². The normalized spacial score (nSPS) is 15.5. The molecular formula is C17H21FN4O2. The Morgan fingerprint density at radius 1 is 1.42 bits per heavy atom. The van der Waals surface area contributed by atoms with Gasteiger partial charge in [-0.15, -0.1) is 0 Å². The van der Waals surface area contributed by atoms with Crippen molar-refractivity contribution in [3.05, 3.63) is 47.5 Å². The van der Waals surface area contributed by atoms with E-state index in [1.807, 2.05) is 11.0 Å². The van der Waals surface area contributed by atoms with Crippen LogP contribution in [-0.4, -0.2) is 40.0 Å². The topological polar surface area (TPSA) is 70.4 Å². The third kappa shape index (κ3) is 3.73. The van der Waals surface area contributed by atoms with E-state index >= 15 is 0 Å². The van der Waals surface area contributed by atoms with Gasteiger partial charge in [0.2, 0.25) is 0 Å². The first-order valence-corrected chi connectivity index (χ1v) is 8.01. The van der Waals surface area contributed by atoms with Crippen molar-refractivity contribution in [2.45, 2.75) is 25.5 Å². The van der Waals surface area contributed by atoms with Gasteiger partial charge in [-0.05, 0) is 30.5 Å². The molecule has 6 nitrogen and oxygen atoms in total. The lowest BCUT2D eigenvalue weighted by Crippen LogP contribution is -2.36. The van der Waals surface area contributed by atoms with Gasteiger partial charge in [0.15, 0.2) is 0 Å². The van der Waals surface area contributed by atoms with E-state index in [2.05, 4.69) is 10.4 Å². The van der Waals surface area contributed by atoms with Crippen LogP contribution in [0.1, 0.15) is 28.8 Å². The quantitative estimate of drug-likeness (QED) is 0.889. The minimum atomic E-state index is -0.306. The van der Waals surface area contributed by atoms with Crippen molar-refractivity contribution in [2.24, 2.45) is 7.05 Å². The summed E-state index contributed by atoms with van der Waals surface area (Å²) in [5.41, 5.74) is 1.72. The summed E-state index contributed by atoms with van der Waals surface area (Å²) in [6, 6.07) is 5.00. The first-order chi connectivity index (χ1) is 11.5. The van der Waals surface area contributed by atoms with Crippen LogP contribution in [0.3, 0.4) is 0 Å². The van der Waals surface area contributed by atoms with Gasteiger partial charge in [0.05, 0.1) is 23.6 Å². The minimum absolute atomic E-state index is 0.238. The van der Waals surface area contributed by atoms with Crippen molar-refractivity contribution in [2.75, 3.05) is 18.0 Å². The first kappa shape index (κ1) is 16.4. The van der Waals surface area contributed by atoms with Crippen LogP contribution in [0.25, 0.3) is 0 Å². The van der Waals surface area contributed by atoms with Gasteiger partial charge >= 0.3 is 0 Å². The fourth-order valence-electron chi connectivity index (χ4n) is 2.85. The standard InChI is InChI=1S/C17H21FN4O2/c1-21-11-13(10-20-21)17(24)19-9-12-2-3-16(15(18)8-12)22-6-4-14(23)5-7-22/h2-3,8,10-11,14,23H,4-7,9H2,1H3,(H,19,24). The number of carbonyl (C=O) groups is 1. The summed E-state index contributed by atoms with van der Waals surface area (Å²) < 4.78 is 15.9. The molecule has 0 aliphatic carbocycles. The summed E-state index contributed by atoms with van der Waals surface area (Å²) in [4.78, 5) is 13.9. The number of carbonyl (C=O) groups excluding carboxylic acids is 1. The third-order valence-corrected chi connectivity index (χ3v) is 4.24. The Morgan fingerprint density at radius 3 is 2.79 bits per heavy atom. The van der Waals surface area contributed by atoms with Gasteiger partial charge in [0, 0.05) is 32.9 Å². The minimum Gasteiger partial charge on any atom is -0.393 e. The summed E-state index contributed by atoms with van der Waals surface area (Å²) in [7, 11) is 1.74. The van der Waals surface area contributed by atoms with E-state index in [0.29, 0.717) is 42.7 Å². The molecule has 3 rings (SSSR count). The lowest BCUT2D eigenvalue weighted by molar-refractivity contribution is 0.0950. The summed E-state index contributed by atoms with van der Waals surface area (Å²) in [5, 5.41) is 16.2. The molecule has 0 bridgehead atoms.